The second-order valence-corrected chi connectivity index (χ2v) is 4.58. The molecule has 0 aromatic heterocycles. The number of rotatable bonds is 4. The number of fused-ring (bicyclic) bond motifs is 1. The minimum Gasteiger partial charge on any atom is -0.497 e. The molecular formula is C16H18O4. The molecule has 1 aromatic rings. The lowest BCUT2D eigenvalue weighted by atomic mass is 9.91. The summed E-state index contributed by atoms with van der Waals surface area (Å²) in [5, 5.41) is 0. The Hall–Kier alpha value is -2.23. The second kappa shape index (κ2) is 6.28. The van der Waals surface area contributed by atoms with Gasteiger partial charge in [-0.05, 0) is 49.1 Å². The fraction of sp³-hybridized carbons (Fsp3) is 0.312. The number of hydrogen-bond donors (Lipinski definition) is 0. The summed E-state index contributed by atoms with van der Waals surface area (Å²) in [7, 11) is 1.63. The first-order valence-corrected chi connectivity index (χ1v) is 6.48. The van der Waals surface area contributed by atoms with Crippen LogP contribution in [-0.2, 0) is 15.9 Å². The molecule has 0 atom stereocenters. The SMILES string of the molecule is C=CCOC(=O)OC1=C(C)CCc2cc(OC)ccc21. The highest BCUT2D eigenvalue weighted by Crippen LogP contribution is 2.34. The molecule has 0 heterocycles. The molecule has 0 saturated carbocycles. The first-order chi connectivity index (χ1) is 9.65. The van der Waals surface area contributed by atoms with Gasteiger partial charge >= 0.3 is 6.16 Å². The van der Waals surface area contributed by atoms with Crippen LogP contribution >= 0.6 is 0 Å². The molecule has 20 heavy (non-hydrogen) atoms. The van der Waals surface area contributed by atoms with Gasteiger partial charge in [0.05, 0.1) is 7.11 Å². The van der Waals surface area contributed by atoms with Crippen molar-refractivity contribution in [3.63, 3.8) is 0 Å². The van der Waals surface area contributed by atoms with Crippen molar-refractivity contribution in [2.24, 2.45) is 0 Å². The van der Waals surface area contributed by atoms with Crippen LogP contribution < -0.4 is 4.74 Å². The van der Waals surface area contributed by atoms with Gasteiger partial charge in [-0.25, -0.2) is 4.79 Å². The van der Waals surface area contributed by atoms with Gasteiger partial charge in [-0.1, -0.05) is 12.7 Å². The molecule has 0 N–H and O–H groups in total. The van der Waals surface area contributed by atoms with Gasteiger partial charge in [0.2, 0.25) is 0 Å². The van der Waals surface area contributed by atoms with Gasteiger partial charge in [-0.15, -0.1) is 0 Å². The van der Waals surface area contributed by atoms with Crippen molar-refractivity contribution in [1.82, 2.24) is 0 Å². The van der Waals surface area contributed by atoms with Crippen LogP contribution in [0.25, 0.3) is 5.76 Å². The number of allylic oxidation sites excluding steroid dienone is 1. The van der Waals surface area contributed by atoms with Crippen molar-refractivity contribution in [2.75, 3.05) is 13.7 Å². The van der Waals surface area contributed by atoms with Crippen LogP contribution in [0.4, 0.5) is 4.79 Å². The summed E-state index contributed by atoms with van der Waals surface area (Å²) in [4.78, 5) is 11.6. The Morgan fingerprint density at radius 1 is 1.40 bits per heavy atom. The maximum atomic E-state index is 11.6. The molecule has 1 aliphatic carbocycles. The molecule has 0 spiro atoms. The third-order valence-electron chi connectivity index (χ3n) is 3.22. The first-order valence-electron chi connectivity index (χ1n) is 6.48. The van der Waals surface area contributed by atoms with E-state index in [9.17, 15) is 4.79 Å². The lowest BCUT2D eigenvalue weighted by Crippen LogP contribution is -2.12. The average molecular weight is 274 g/mol. The van der Waals surface area contributed by atoms with Gasteiger partial charge in [-0.3, -0.25) is 0 Å². The van der Waals surface area contributed by atoms with Crippen LogP contribution in [-0.4, -0.2) is 19.9 Å². The summed E-state index contributed by atoms with van der Waals surface area (Å²) in [5.41, 5.74) is 3.07. The van der Waals surface area contributed by atoms with E-state index in [1.165, 1.54) is 6.08 Å². The first kappa shape index (κ1) is 14.2. The molecular weight excluding hydrogens is 256 g/mol. The van der Waals surface area contributed by atoms with Gasteiger partial charge in [0.15, 0.2) is 0 Å². The maximum Gasteiger partial charge on any atom is 0.514 e. The molecule has 2 rings (SSSR count). The average Bonchev–Trinajstić information content (AvgIpc) is 2.47. The van der Waals surface area contributed by atoms with Crippen molar-refractivity contribution in [2.45, 2.75) is 19.8 Å². The highest BCUT2D eigenvalue weighted by molar-refractivity contribution is 5.77. The molecule has 4 heteroatoms. The molecule has 0 saturated heterocycles. The van der Waals surface area contributed by atoms with Crippen molar-refractivity contribution < 1.29 is 19.0 Å². The summed E-state index contributed by atoms with van der Waals surface area (Å²) < 4.78 is 15.4. The fourth-order valence-corrected chi connectivity index (χ4v) is 2.17. The third-order valence-corrected chi connectivity index (χ3v) is 3.22. The Kier molecular flexibility index (Phi) is 4.45. The molecule has 1 aliphatic rings. The Morgan fingerprint density at radius 3 is 2.90 bits per heavy atom. The van der Waals surface area contributed by atoms with E-state index < -0.39 is 6.16 Å². The normalized spacial score (nSPS) is 13.5. The highest BCUT2D eigenvalue weighted by atomic mass is 16.7. The Morgan fingerprint density at radius 2 is 2.20 bits per heavy atom. The lowest BCUT2D eigenvalue weighted by Gasteiger charge is -2.21. The number of aryl methyl sites for hydroxylation is 1. The molecule has 0 bridgehead atoms. The van der Waals surface area contributed by atoms with E-state index in [-0.39, 0.29) is 6.61 Å². The van der Waals surface area contributed by atoms with E-state index >= 15 is 0 Å². The third kappa shape index (κ3) is 3.02. The van der Waals surface area contributed by atoms with E-state index in [0.717, 1.165) is 35.3 Å². The van der Waals surface area contributed by atoms with E-state index in [2.05, 4.69) is 6.58 Å². The number of carbonyl (C=O) groups is 1. The lowest BCUT2D eigenvalue weighted by molar-refractivity contribution is 0.0999. The summed E-state index contributed by atoms with van der Waals surface area (Å²) in [5.74, 6) is 1.39. The second-order valence-electron chi connectivity index (χ2n) is 4.58. The Bertz CT molecular complexity index is 558. The number of hydrogen-bond acceptors (Lipinski definition) is 4. The predicted molar refractivity (Wildman–Crippen MR) is 76.5 cm³/mol. The van der Waals surface area contributed by atoms with Gasteiger partial charge in [0, 0.05) is 5.56 Å². The summed E-state index contributed by atoms with van der Waals surface area (Å²) >= 11 is 0. The minimum absolute atomic E-state index is 0.140. The van der Waals surface area contributed by atoms with Crippen LogP contribution in [0.5, 0.6) is 5.75 Å². The standard InChI is InChI=1S/C16H18O4/c1-4-9-19-16(17)20-15-11(2)5-6-12-10-13(18-3)7-8-14(12)15/h4,7-8,10H,1,5-6,9H2,2-3H3. The van der Waals surface area contributed by atoms with E-state index in [1.807, 2.05) is 25.1 Å². The zero-order valence-corrected chi connectivity index (χ0v) is 11.8. The summed E-state index contributed by atoms with van der Waals surface area (Å²) in [6.45, 7) is 5.59. The van der Waals surface area contributed by atoms with Gasteiger partial charge in [-0.2, -0.15) is 0 Å². The monoisotopic (exact) mass is 274 g/mol. The van der Waals surface area contributed by atoms with Crippen molar-refractivity contribution in [3.05, 3.63) is 47.6 Å². The van der Waals surface area contributed by atoms with Crippen LogP contribution in [0.2, 0.25) is 0 Å². The van der Waals surface area contributed by atoms with Gasteiger partial charge < -0.3 is 14.2 Å². The summed E-state index contributed by atoms with van der Waals surface area (Å²) in [6.07, 6.45) is 2.56. The van der Waals surface area contributed by atoms with E-state index in [1.54, 1.807) is 7.11 Å². The molecule has 0 radical (unpaired) electrons. The van der Waals surface area contributed by atoms with Crippen molar-refractivity contribution in [3.8, 4) is 5.75 Å². The number of carbonyl (C=O) groups excluding carboxylic acids is 1. The van der Waals surface area contributed by atoms with Crippen LogP contribution in [0.3, 0.4) is 0 Å². The van der Waals surface area contributed by atoms with E-state index in [4.69, 9.17) is 14.2 Å². The van der Waals surface area contributed by atoms with Crippen molar-refractivity contribution in [1.29, 1.82) is 0 Å². The molecule has 0 fully saturated rings. The molecule has 0 aliphatic heterocycles. The highest BCUT2D eigenvalue weighted by Gasteiger charge is 2.21. The van der Waals surface area contributed by atoms with Gasteiger partial charge in [0.25, 0.3) is 0 Å². The fourth-order valence-electron chi connectivity index (χ4n) is 2.17. The number of ether oxygens (including phenoxy) is 3. The molecule has 106 valence electrons. The number of methoxy groups -OCH3 is 1. The Labute approximate surface area is 118 Å². The zero-order chi connectivity index (χ0) is 14.5. The molecule has 0 amide bonds. The summed E-state index contributed by atoms with van der Waals surface area (Å²) in [6, 6.07) is 5.74. The van der Waals surface area contributed by atoms with Crippen LogP contribution in [0.15, 0.2) is 36.4 Å². The van der Waals surface area contributed by atoms with E-state index in [0.29, 0.717) is 5.76 Å². The van der Waals surface area contributed by atoms with Crippen LogP contribution in [0.1, 0.15) is 24.5 Å². The van der Waals surface area contributed by atoms with Gasteiger partial charge in [0.1, 0.15) is 18.1 Å². The topological polar surface area (TPSA) is 44.8 Å². The van der Waals surface area contributed by atoms with Crippen molar-refractivity contribution >= 4 is 11.9 Å². The number of benzene rings is 1. The predicted octanol–water partition coefficient (Wildman–Crippen LogP) is 3.71. The maximum absolute atomic E-state index is 11.6. The molecule has 4 nitrogen and oxygen atoms in total. The zero-order valence-electron chi connectivity index (χ0n) is 11.8. The molecule has 1 aromatic carbocycles. The Balaban J connectivity index is 2.24. The minimum atomic E-state index is -0.706. The smallest absolute Gasteiger partial charge is 0.497 e. The molecule has 0 unspecified atom stereocenters. The largest absolute Gasteiger partial charge is 0.514 e. The van der Waals surface area contributed by atoms with Crippen LogP contribution in [0, 0.1) is 0 Å². The quantitative estimate of drug-likeness (QED) is 0.620.